The number of rotatable bonds is 7. The molecule has 0 fully saturated rings. The topological polar surface area (TPSA) is 97.1 Å². The number of aryl methyl sites for hydroxylation is 2. The monoisotopic (exact) mass is 387 g/mol. The maximum Gasteiger partial charge on any atom is 0.224 e. The molecule has 0 saturated carbocycles. The van der Waals surface area contributed by atoms with E-state index < -0.39 is 0 Å². The lowest BCUT2D eigenvalue weighted by Crippen LogP contribution is -2.13. The molecule has 0 atom stereocenters. The number of carbonyl (C=O) groups excluding carboxylic acids is 1. The summed E-state index contributed by atoms with van der Waals surface area (Å²) in [6.07, 6.45) is 4.29. The van der Waals surface area contributed by atoms with Gasteiger partial charge in [-0.3, -0.25) is 9.78 Å². The number of nitrogens with zero attached hydrogens (tertiary/aromatic N) is 5. The van der Waals surface area contributed by atoms with Crippen LogP contribution >= 0.6 is 0 Å². The van der Waals surface area contributed by atoms with E-state index in [0.29, 0.717) is 36.7 Å². The molecule has 146 valence electrons. The van der Waals surface area contributed by atoms with Gasteiger partial charge in [0.15, 0.2) is 11.5 Å². The maximum absolute atomic E-state index is 12.2. The lowest BCUT2D eigenvalue weighted by atomic mass is 10.2. The number of hydrogen-bond donors (Lipinski definition) is 2. The molecule has 4 aromatic rings. The van der Waals surface area contributed by atoms with Gasteiger partial charge in [-0.15, -0.1) is 15.3 Å². The summed E-state index contributed by atoms with van der Waals surface area (Å²) in [5.74, 6) is 1.27. The normalized spacial score (nSPS) is 10.8. The first kappa shape index (κ1) is 18.5. The number of carbonyl (C=O) groups is 1. The number of amides is 1. The summed E-state index contributed by atoms with van der Waals surface area (Å²) in [7, 11) is 0. The average Bonchev–Trinajstić information content (AvgIpc) is 3.15. The van der Waals surface area contributed by atoms with Crippen LogP contribution in [0, 0.1) is 6.92 Å². The van der Waals surface area contributed by atoms with Crippen LogP contribution in [0.2, 0.25) is 0 Å². The van der Waals surface area contributed by atoms with Gasteiger partial charge in [0.1, 0.15) is 5.82 Å². The molecular weight excluding hydrogens is 366 g/mol. The number of hydrogen-bond acceptors (Lipinski definition) is 6. The number of aromatic nitrogens is 5. The minimum absolute atomic E-state index is 0.0727. The highest BCUT2D eigenvalue weighted by Crippen LogP contribution is 2.12. The maximum atomic E-state index is 12.2. The van der Waals surface area contributed by atoms with E-state index >= 15 is 0 Å². The molecule has 0 saturated heterocycles. The Balaban J connectivity index is 1.39. The van der Waals surface area contributed by atoms with Gasteiger partial charge >= 0.3 is 0 Å². The Bertz CT molecular complexity index is 1110. The second-order valence-electron chi connectivity index (χ2n) is 6.73. The summed E-state index contributed by atoms with van der Waals surface area (Å²) < 4.78 is 1.67. The third-order valence-electron chi connectivity index (χ3n) is 4.43. The number of anilines is 2. The van der Waals surface area contributed by atoms with Crippen LogP contribution in [0.1, 0.15) is 23.4 Å². The van der Waals surface area contributed by atoms with Gasteiger partial charge in [-0.25, -0.2) is 0 Å². The van der Waals surface area contributed by atoms with Gasteiger partial charge in [-0.2, -0.15) is 4.52 Å². The van der Waals surface area contributed by atoms with Crippen LogP contribution in [-0.4, -0.2) is 30.7 Å². The number of fused-ring (bicyclic) bond motifs is 1. The molecule has 0 aliphatic carbocycles. The van der Waals surface area contributed by atoms with Crippen molar-refractivity contribution >= 4 is 23.1 Å². The van der Waals surface area contributed by atoms with Gasteiger partial charge in [-0.05, 0) is 42.8 Å². The Morgan fingerprint density at radius 1 is 1.07 bits per heavy atom. The predicted octanol–water partition coefficient (Wildman–Crippen LogP) is 3.01. The van der Waals surface area contributed by atoms with Crippen LogP contribution in [0.15, 0.2) is 60.9 Å². The highest BCUT2D eigenvalue weighted by molar-refractivity contribution is 5.90. The summed E-state index contributed by atoms with van der Waals surface area (Å²) in [5.41, 5.74) is 3.64. The van der Waals surface area contributed by atoms with Gasteiger partial charge < -0.3 is 10.6 Å². The first-order valence-electron chi connectivity index (χ1n) is 9.38. The quantitative estimate of drug-likeness (QED) is 0.506. The lowest BCUT2D eigenvalue weighted by Gasteiger charge is -2.07. The SMILES string of the molecule is Cc1ccc(NC(=O)CCc2nnc3ccc(NCc4cccnc4)nn23)cc1. The summed E-state index contributed by atoms with van der Waals surface area (Å²) in [4.78, 5) is 16.4. The first-order valence-corrected chi connectivity index (χ1v) is 9.38. The molecule has 8 nitrogen and oxygen atoms in total. The number of nitrogens with one attached hydrogen (secondary N) is 2. The molecule has 3 heterocycles. The van der Waals surface area contributed by atoms with Crippen LogP contribution in [0.3, 0.4) is 0 Å². The third kappa shape index (κ3) is 4.73. The average molecular weight is 387 g/mol. The zero-order valence-electron chi connectivity index (χ0n) is 16.0. The van der Waals surface area contributed by atoms with Crippen LogP contribution < -0.4 is 10.6 Å². The number of pyridine rings is 1. The van der Waals surface area contributed by atoms with E-state index in [-0.39, 0.29) is 5.91 Å². The number of benzene rings is 1. The Hall–Kier alpha value is -3.81. The molecule has 1 aromatic carbocycles. The standard InChI is InChI=1S/C21H21N7O/c1-15-4-6-17(7-5-15)24-21(29)11-10-20-26-25-19-9-8-18(27-28(19)20)23-14-16-3-2-12-22-13-16/h2-9,12-13H,10-11,14H2,1H3,(H,23,27)(H,24,29). The van der Waals surface area contributed by atoms with Crippen molar-refractivity contribution in [2.45, 2.75) is 26.3 Å². The van der Waals surface area contributed by atoms with E-state index in [1.807, 2.05) is 61.7 Å². The molecule has 0 aliphatic rings. The van der Waals surface area contributed by atoms with Gasteiger partial charge in [0, 0.05) is 37.5 Å². The van der Waals surface area contributed by atoms with Crippen LogP contribution in [0.5, 0.6) is 0 Å². The third-order valence-corrected chi connectivity index (χ3v) is 4.43. The molecule has 4 rings (SSSR count). The smallest absolute Gasteiger partial charge is 0.224 e. The van der Waals surface area contributed by atoms with Crippen LogP contribution in [0.4, 0.5) is 11.5 Å². The van der Waals surface area contributed by atoms with Gasteiger partial charge in [0.2, 0.25) is 5.91 Å². The molecule has 29 heavy (non-hydrogen) atoms. The zero-order valence-corrected chi connectivity index (χ0v) is 16.0. The first-order chi connectivity index (χ1) is 14.2. The molecule has 2 N–H and O–H groups in total. The molecule has 8 heteroatoms. The largest absolute Gasteiger partial charge is 0.364 e. The Morgan fingerprint density at radius 2 is 1.93 bits per heavy atom. The second-order valence-corrected chi connectivity index (χ2v) is 6.73. The molecule has 3 aromatic heterocycles. The minimum atomic E-state index is -0.0727. The predicted molar refractivity (Wildman–Crippen MR) is 110 cm³/mol. The Kier molecular flexibility index (Phi) is 5.42. The summed E-state index contributed by atoms with van der Waals surface area (Å²) in [6.45, 7) is 2.62. The highest BCUT2D eigenvalue weighted by atomic mass is 16.1. The van der Waals surface area contributed by atoms with Crippen molar-refractivity contribution in [2.24, 2.45) is 0 Å². The molecule has 0 radical (unpaired) electrons. The van der Waals surface area contributed by atoms with Crippen molar-refractivity contribution in [1.82, 2.24) is 24.8 Å². The van der Waals surface area contributed by atoms with Crippen LogP contribution in [0.25, 0.3) is 5.65 Å². The Morgan fingerprint density at radius 3 is 2.72 bits per heavy atom. The summed E-state index contributed by atoms with van der Waals surface area (Å²) in [5, 5.41) is 19.0. The van der Waals surface area contributed by atoms with E-state index in [1.165, 1.54) is 0 Å². The van der Waals surface area contributed by atoms with Gasteiger partial charge in [0.25, 0.3) is 0 Å². The van der Waals surface area contributed by atoms with E-state index in [1.54, 1.807) is 10.7 Å². The fourth-order valence-corrected chi connectivity index (χ4v) is 2.86. The minimum Gasteiger partial charge on any atom is -0.364 e. The molecule has 0 aliphatic heterocycles. The summed E-state index contributed by atoms with van der Waals surface area (Å²) in [6, 6.07) is 15.3. The lowest BCUT2D eigenvalue weighted by molar-refractivity contribution is -0.116. The highest BCUT2D eigenvalue weighted by Gasteiger charge is 2.10. The van der Waals surface area contributed by atoms with E-state index in [0.717, 1.165) is 16.8 Å². The van der Waals surface area contributed by atoms with Crippen molar-refractivity contribution in [1.29, 1.82) is 0 Å². The van der Waals surface area contributed by atoms with Crippen molar-refractivity contribution < 1.29 is 4.79 Å². The van der Waals surface area contributed by atoms with Gasteiger partial charge in [-0.1, -0.05) is 23.8 Å². The van der Waals surface area contributed by atoms with Crippen LogP contribution in [-0.2, 0) is 17.8 Å². The Labute approximate surface area is 168 Å². The fraction of sp³-hybridized carbons (Fsp3) is 0.190. The van der Waals surface area contributed by atoms with Crippen molar-refractivity contribution in [3.8, 4) is 0 Å². The van der Waals surface area contributed by atoms with E-state index in [4.69, 9.17) is 0 Å². The van der Waals surface area contributed by atoms with E-state index in [9.17, 15) is 4.79 Å². The second kappa shape index (κ2) is 8.47. The fourth-order valence-electron chi connectivity index (χ4n) is 2.86. The molecule has 0 bridgehead atoms. The molecule has 0 unspecified atom stereocenters. The summed E-state index contributed by atoms with van der Waals surface area (Å²) >= 11 is 0. The van der Waals surface area contributed by atoms with Crippen molar-refractivity contribution in [3.05, 3.63) is 77.9 Å². The van der Waals surface area contributed by atoms with Gasteiger partial charge in [0.05, 0.1) is 0 Å². The van der Waals surface area contributed by atoms with Crippen molar-refractivity contribution in [2.75, 3.05) is 10.6 Å². The molecular formula is C21H21N7O. The van der Waals surface area contributed by atoms with Crippen molar-refractivity contribution in [3.63, 3.8) is 0 Å². The molecule has 1 amide bonds. The van der Waals surface area contributed by atoms with E-state index in [2.05, 4.69) is 30.9 Å². The molecule has 0 spiro atoms. The zero-order chi connectivity index (χ0) is 20.1.